The van der Waals surface area contributed by atoms with Crippen molar-refractivity contribution in [1.82, 2.24) is 14.5 Å². The summed E-state index contributed by atoms with van der Waals surface area (Å²) < 4.78 is 2.29. The molecule has 0 radical (unpaired) electrons. The fourth-order valence-electron chi connectivity index (χ4n) is 8.86. The van der Waals surface area contributed by atoms with E-state index in [9.17, 15) is 5.11 Å². The molecule has 4 heteroatoms. The van der Waals surface area contributed by atoms with Crippen LogP contribution in [0.3, 0.4) is 0 Å². The number of benzene rings is 7. The van der Waals surface area contributed by atoms with Gasteiger partial charge in [0.05, 0.1) is 28.0 Å². The monoisotopic (exact) mass is 821 g/mol. The SMILES string of the molecule is Cc1ccc(-c2ccnc(-c3cc(-c4cccc5c4nc(-c4cc(C)cc(C)c4O)n5-c4cc(-c5ccccc5)c(C(C)(C)C)cc4-c4ccccc4)cc(C(C)(C)C)c3)c2)cc1. The molecule has 0 amide bonds. The van der Waals surface area contributed by atoms with Crippen molar-refractivity contribution in [3.8, 4) is 78.6 Å². The van der Waals surface area contributed by atoms with E-state index in [2.05, 4.69) is 212 Å². The molecule has 1 N–H and O–H groups in total. The Bertz CT molecular complexity index is 3140. The highest BCUT2D eigenvalue weighted by Gasteiger charge is 2.27. The number of para-hydroxylation sites is 1. The number of nitrogens with zero attached hydrogens (tertiary/aromatic N) is 3. The molecule has 0 unspecified atom stereocenters. The molecule has 7 aromatic carbocycles. The Balaban J connectivity index is 1.36. The van der Waals surface area contributed by atoms with Gasteiger partial charge in [-0.05, 0) is 136 Å². The van der Waals surface area contributed by atoms with Crippen LogP contribution in [0.4, 0.5) is 0 Å². The van der Waals surface area contributed by atoms with Gasteiger partial charge >= 0.3 is 0 Å². The molecule has 0 aliphatic carbocycles. The number of phenolic OH excluding ortho intramolecular Hbond substituents is 1. The molecule has 0 bridgehead atoms. The number of hydrogen-bond acceptors (Lipinski definition) is 3. The molecule has 0 atom stereocenters. The predicted molar refractivity (Wildman–Crippen MR) is 265 cm³/mol. The highest BCUT2D eigenvalue weighted by molar-refractivity contribution is 5.98. The van der Waals surface area contributed by atoms with E-state index in [1.54, 1.807) is 0 Å². The summed E-state index contributed by atoms with van der Waals surface area (Å²) in [5.74, 6) is 0.909. The zero-order valence-electron chi connectivity index (χ0n) is 37.9. The van der Waals surface area contributed by atoms with Crippen molar-refractivity contribution in [3.63, 3.8) is 0 Å². The summed E-state index contributed by atoms with van der Waals surface area (Å²) in [4.78, 5) is 10.6. The fourth-order valence-corrected chi connectivity index (χ4v) is 8.86. The number of phenols is 1. The molecule has 312 valence electrons. The Hall–Kier alpha value is -7.04. The first-order valence-corrected chi connectivity index (χ1v) is 22.0. The maximum absolute atomic E-state index is 12.0. The summed E-state index contributed by atoms with van der Waals surface area (Å²) in [5.41, 5.74) is 19.6. The number of aromatic hydroxyl groups is 1. The zero-order valence-corrected chi connectivity index (χ0v) is 37.9. The predicted octanol–water partition coefficient (Wildman–Crippen LogP) is 15.6. The van der Waals surface area contributed by atoms with Crippen molar-refractivity contribution < 1.29 is 5.11 Å². The van der Waals surface area contributed by atoms with Crippen molar-refractivity contribution in [1.29, 1.82) is 0 Å². The Kier molecular flexibility index (Phi) is 10.5. The third-order valence-electron chi connectivity index (χ3n) is 12.3. The van der Waals surface area contributed by atoms with Crippen LogP contribution in [0, 0.1) is 20.8 Å². The summed E-state index contributed by atoms with van der Waals surface area (Å²) in [6.45, 7) is 19.8. The quantitative estimate of drug-likeness (QED) is 0.174. The topological polar surface area (TPSA) is 50.9 Å². The maximum atomic E-state index is 12.0. The minimum atomic E-state index is -0.156. The molecular formula is C59H55N3O. The van der Waals surface area contributed by atoms with Gasteiger partial charge < -0.3 is 5.11 Å². The standard InChI is InChI=1S/C59H55N3O/c1-37-23-25-40(26-24-37)43-27-28-60-52(34-43)45-31-44(32-46(33-45)58(4,5)6)47-21-16-22-53-55(47)61-57(50-30-38(2)29-39(3)56(50)63)62(53)54-36-48(41-17-12-10-13-18-41)51(59(7,8)9)35-49(54)42-19-14-11-15-20-42/h10-36,63H,1-9H3. The van der Waals surface area contributed by atoms with Gasteiger partial charge in [0.15, 0.2) is 0 Å². The lowest BCUT2D eigenvalue weighted by Gasteiger charge is -2.27. The van der Waals surface area contributed by atoms with Crippen LogP contribution in [0.2, 0.25) is 0 Å². The normalized spacial score (nSPS) is 12.0. The molecule has 63 heavy (non-hydrogen) atoms. The molecule has 0 saturated carbocycles. The minimum absolute atomic E-state index is 0.143. The van der Waals surface area contributed by atoms with Gasteiger partial charge in [-0.15, -0.1) is 0 Å². The van der Waals surface area contributed by atoms with Gasteiger partial charge in [0.2, 0.25) is 0 Å². The Morgan fingerprint density at radius 1 is 0.476 bits per heavy atom. The fraction of sp³-hybridized carbons (Fsp3) is 0.186. The molecule has 2 heterocycles. The molecule has 0 spiro atoms. The molecule has 9 rings (SSSR count). The van der Waals surface area contributed by atoms with Crippen LogP contribution in [0.1, 0.15) is 69.4 Å². The molecule has 0 saturated heterocycles. The maximum Gasteiger partial charge on any atom is 0.149 e. The summed E-state index contributed by atoms with van der Waals surface area (Å²) >= 11 is 0. The van der Waals surface area contributed by atoms with Gasteiger partial charge in [-0.25, -0.2) is 4.98 Å². The summed E-state index contributed by atoms with van der Waals surface area (Å²) in [6, 6.07) is 56.5. The second kappa shape index (κ2) is 16.0. The molecule has 9 aromatic rings. The van der Waals surface area contributed by atoms with Gasteiger partial charge in [-0.3, -0.25) is 9.55 Å². The highest BCUT2D eigenvalue weighted by atomic mass is 16.3. The third-order valence-corrected chi connectivity index (χ3v) is 12.3. The average molecular weight is 822 g/mol. The number of imidazole rings is 1. The van der Waals surface area contributed by atoms with E-state index >= 15 is 0 Å². The second-order valence-electron chi connectivity index (χ2n) is 19.2. The van der Waals surface area contributed by atoms with E-state index in [0.717, 1.165) is 83.6 Å². The summed E-state index contributed by atoms with van der Waals surface area (Å²) in [7, 11) is 0. The molecular weight excluding hydrogens is 767 g/mol. The molecule has 0 aliphatic rings. The molecule has 0 fully saturated rings. The van der Waals surface area contributed by atoms with Crippen LogP contribution in [0.5, 0.6) is 5.75 Å². The van der Waals surface area contributed by atoms with E-state index in [4.69, 9.17) is 9.97 Å². The lowest BCUT2D eigenvalue weighted by molar-refractivity contribution is 0.472. The first-order chi connectivity index (χ1) is 30.1. The van der Waals surface area contributed by atoms with E-state index in [0.29, 0.717) is 11.4 Å². The van der Waals surface area contributed by atoms with E-state index in [1.165, 1.54) is 16.7 Å². The van der Waals surface area contributed by atoms with Crippen LogP contribution < -0.4 is 0 Å². The van der Waals surface area contributed by atoms with E-state index in [1.807, 2.05) is 19.2 Å². The van der Waals surface area contributed by atoms with Crippen molar-refractivity contribution in [3.05, 3.63) is 192 Å². The largest absolute Gasteiger partial charge is 0.507 e. The summed E-state index contributed by atoms with van der Waals surface area (Å²) in [6.07, 6.45) is 1.91. The van der Waals surface area contributed by atoms with E-state index in [-0.39, 0.29) is 16.6 Å². The van der Waals surface area contributed by atoms with Crippen LogP contribution in [0.15, 0.2) is 164 Å². The van der Waals surface area contributed by atoms with Gasteiger partial charge in [-0.2, -0.15) is 0 Å². The van der Waals surface area contributed by atoms with Crippen molar-refractivity contribution in [2.24, 2.45) is 0 Å². The second-order valence-corrected chi connectivity index (χ2v) is 19.2. The number of aryl methyl sites for hydroxylation is 3. The van der Waals surface area contributed by atoms with Gasteiger partial charge in [0.25, 0.3) is 0 Å². The number of rotatable bonds is 7. The molecule has 2 aromatic heterocycles. The van der Waals surface area contributed by atoms with Crippen LogP contribution >= 0.6 is 0 Å². The van der Waals surface area contributed by atoms with Crippen molar-refractivity contribution >= 4 is 11.0 Å². The Labute approximate surface area is 372 Å². The average Bonchev–Trinajstić information content (AvgIpc) is 3.67. The van der Waals surface area contributed by atoms with Crippen LogP contribution in [0.25, 0.3) is 83.9 Å². The smallest absolute Gasteiger partial charge is 0.149 e. The molecule has 4 nitrogen and oxygen atoms in total. The first-order valence-electron chi connectivity index (χ1n) is 22.0. The van der Waals surface area contributed by atoms with Crippen LogP contribution in [-0.4, -0.2) is 19.6 Å². The Morgan fingerprint density at radius 3 is 1.81 bits per heavy atom. The lowest BCUT2D eigenvalue weighted by atomic mass is 9.79. The highest BCUT2D eigenvalue weighted by Crippen LogP contribution is 2.45. The Morgan fingerprint density at radius 2 is 1.14 bits per heavy atom. The van der Waals surface area contributed by atoms with Gasteiger partial charge in [-0.1, -0.05) is 156 Å². The first kappa shape index (κ1) is 41.3. The van der Waals surface area contributed by atoms with Crippen molar-refractivity contribution in [2.75, 3.05) is 0 Å². The number of pyridine rings is 1. The zero-order chi connectivity index (χ0) is 44.2. The summed E-state index contributed by atoms with van der Waals surface area (Å²) in [5, 5.41) is 12.0. The van der Waals surface area contributed by atoms with Crippen LogP contribution in [-0.2, 0) is 10.8 Å². The lowest BCUT2D eigenvalue weighted by Crippen LogP contribution is -2.14. The number of aromatic nitrogens is 3. The van der Waals surface area contributed by atoms with Gasteiger partial charge in [0, 0.05) is 22.9 Å². The minimum Gasteiger partial charge on any atom is -0.507 e. The van der Waals surface area contributed by atoms with Gasteiger partial charge in [0.1, 0.15) is 11.6 Å². The number of hydrogen-bond donors (Lipinski definition) is 1. The van der Waals surface area contributed by atoms with E-state index < -0.39 is 0 Å². The van der Waals surface area contributed by atoms with Crippen molar-refractivity contribution in [2.45, 2.75) is 73.1 Å². The molecule has 0 aliphatic heterocycles. The third kappa shape index (κ3) is 7.98. The number of fused-ring (bicyclic) bond motifs is 1.